The minimum atomic E-state index is -3.18. The Morgan fingerprint density at radius 2 is 2.10 bits per heavy atom. The number of nitrogens with zero attached hydrogens (tertiary/aromatic N) is 1. The predicted octanol–water partition coefficient (Wildman–Crippen LogP) is 1.60. The summed E-state index contributed by atoms with van der Waals surface area (Å²) in [5.74, 6) is 0.544. The van der Waals surface area contributed by atoms with Crippen LogP contribution >= 0.6 is 0 Å². The molecule has 1 atom stereocenters. The largest absolute Gasteiger partial charge is 0.356 e. The van der Waals surface area contributed by atoms with Crippen molar-refractivity contribution in [3.63, 3.8) is 0 Å². The van der Waals surface area contributed by atoms with E-state index in [0.717, 1.165) is 19.3 Å². The van der Waals surface area contributed by atoms with Crippen LogP contribution in [-0.4, -0.2) is 44.0 Å². The molecular formula is C14H28N2O3S. The molecule has 1 heterocycles. The number of nitrogens with one attached hydrogen (secondary N) is 1. The fourth-order valence-corrected chi connectivity index (χ4v) is 4.01. The van der Waals surface area contributed by atoms with Crippen molar-refractivity contribution in [1.29, 1.82) is 0 Å². The lowest BCUT2D eigenvalue weighted by Crippen LogP contribution is -2.46. The smallest absolute Gasteiger partial charge is 0.224 e. The van der Waals surface area contributed by atoms with Crippen molar-refractivity contribution in [3.8, 4) is 0 Å². The van der Waals surface area contributed by atoms with E-state index in [4.69, 9.17) is 0 Å². The third-order valence-corrected chi connectivity index (χ3v) is 5.67. The van der Waals surface area contributed by atoms with Gasteiger partial charge >= 0.3 is 0 Å². The van der Waals surface area contributed by atoms with Crippen LogP contribution in [0.1, 0.15) is 46.5 Å². The Hall–Kier alpha value is -0.620. The van der Waals surface area contributed by atoms with E-state index in [-0.39, 0.29) is 17.6 Å². The summed E-state index contributed by atoms with van der Waals surface area (Å²) in [5.41, 5.74) is 0. The zero-order valence-corrected chi connectivity index (χ0v) is 13.7. The molecule has 1 unspecified atom stereocenters. The highest BCUT2D eigenvalue weighted by Crippen LogP contribution is 2.20. The normalized spacial score (nSPS) is 21.1. The molecule has 1 rings (SSSR count). The molecule has 0 aromatic heterocycles. The highest BCUT2D eigenvalue weighted by Gasteiger charge is 2.31. The lowest BCUT2D eigenvalue weighted by atomic mass is 9.98. The molecule has 0 aromatic rings. The van der Waals surface area contributed by atoms with Crippen molar-refractivity contribution in [1.82, 2.24) is 9.62 Å². The summed E-state index contributed by atoms with van der Waals surface area (Å²) >= 11 is 0. The molecule has 5 nitrogen and oxygen atoms in total. The molecule has 1 N–H and O–H groups in total. The van der Waals surface area contributed by atoms with Crippen LogP contribution in [0, 0.1) is 11.8 Å². The average molecular weight is 304 g/mol. The van der Waals surface area contributed by atoms with E-state index in [2.05, 4.69) is 19.2 Å². The Kier molecular flexibility index (Phi) is 6.95. The maximum atomic E-state index is 12.1. The van der Waals surface area contributed by atoms with Crippen LogP contribution in [0.5, 0.6) is 0 Å². The van der Waals surface area contributed by atoms with Gasteiger partial charge in [-0.15, -0.1) is 0 Å². The number of carbonyl (C=O) groups excluding carboxylic acids is 1. The fraction of sp³-hybridized carbons (Fsp3) is 0.929. The number of amides is 1. The van der Waals surface area contributed by atoms with Crippen LogP contribution in [0.3, 0.4) is 0 Å². The Balaban J connectivity index is 2.50. The van der Waals surface area contributed by atoms with E-state index in [1.165, 1.54) is 4.31 Å². The van der Waals surface area contributed by atoms with Crippen molar-refractivity contribution in [2.45, 2.75) is 46.5 Å². The summed E-state index contributed by atoms with van der Waals surface area (Å²) in [6.45, 7) is 7.66. The Morgan fingerprint density at radius 1 is 1.40 bits per heavy atom. The second-order valence-electron chi connectivity index (χ2n) is 5.99. The van der Waals surface area contributed by atoms with Crippen LogP contribution in [0.15, 0.2) is 0 Å². The highest BCUT2D eigenvalue weighted by molar-refractivity contribution is 7.89. The molecule has 1 fully saturated rings. The topological polar surface area (TPSA) is 66.5 Å². The molecule has 0 aromatic carbocycles. The van der Waals surface area contributed by atoms with Gasteiger partial charge in [0, 0.05) is 19.6 Å². The van der Waals surface area contributed by atoms with E-state index in [0.29, 0.717) is 32.0 Å². The van der Waals surface area contributed by atoms with Gasteiger partial charge in [0.05, 0.1) is 11.7 Å². The molecule has 0 spiro atoms. The second-order valence-corrected chi connectivity index (χ2v) is 8.08. The molecule has 0 bridgehead atoms. The zero-order chi connectivity index (χ0) is 15.2. The highest BCUT2D eigenvalue weighted by atomic mass is 32.2. The van der Waals surface area contributed by atoms with Gasteiger partial charge in [-0.25, -0.2) is 12.7 Å². The van der Waals surface area contributed by atoms with Crippen molar-refractivity contribution in [2.75, 3.05) is 25.4 Å². The summed E-state index contributed by atoms with van der Waals surface area (Å²) in [6, 6.07) is 0. The van der Waals surface area contributed by atoms with Crippen molar-refractivity contribution in [3.05, 3.63) is 0 Å². The van der Waals surface area contributed by atoms with Crippen LogP contribution in [-0.2, 0) is 14.8 Å². The molecule has 0 aliphatic carbocycles. The molecule has 20 heavy (non-hydrogen) atoms. The van der Waals surface area contributed by atoms with Crippen LogP contribution in [0.25, 0.3) is 0 Å². The SMILES string of the molecule is CCCS(=O)(=O)N1CCCC(C(=O)NCCC(C)C)C1. The number of carbonyl (C=O) groups is 1. The maximum absolute atomic E-state index is 12.1. The number of piperidine rings is 1. The first kappa shape index (κ1) is 17.4. The molecule has 1 saturated heterocycles. The summed E-state index contributed by atoms with van der Waals surface area (Å²) in [6.07, 6.45) is 3.12. The van der Waals surface area contributed by atoms with E-state index in [1.54, 1.807) is 0 Å². The van der Waals surface area contributed by atoms with Gasteiger partial charge in [-0.1, -0.05) is 20.8 Å². The standard InChI is InChI=1S/C14H28N2O3S/c1-4-10-20(18,19)16-9-5-6-13(11-16)14(17)15-8-7-12(2)3/h12-13H,4-11H2,1-3H3,(H,15,17). The number of rotatable bonds is 7. The molecule has 1 amide bonds. The van der Waals surface area contributed by atoms with Gasteiger partial charge in [0.1, 0.15) is 0 Å². The summed E-state index contributed by atoms with van der Waals surface area (Å²) in [7, 11) is -3.18. The van der Waals surface area contributed by atoms with Crippen LogP contribution in [0.2, 0.25) is 0 Å². The predicted molar refractivity (Wildman–Crippen MR) is 80.8 cm³/mol. The van der Waals surface area contributed by atoms with Crippen LogP contribution < -0.4 is 5.32 Å². The molecular weight excluding hydrogens is 276 g/mol. The first-order chi connectivity index (χ1) is 9.36. The van der Waals surface area contributed by atoms with E-state index >= 15 is 0 Å². The first-order valence-corrected chi connectivity index (χ1v) is 9.23. The summed E-state index contributed by atoms with van der Waals surface area (Å²) in [4.78, 5) is 12.1. The molecule has 1 aliphatic heterocycles. The quantitative estimate of drug-likeness (QED) is 0.777. The fourth-order valence-electron chi connectivity index (χ4n) is 2.42. The average Bonchev–Trinajstić information content (AvgIpc) is 2.38. The number of sulfonamides is 1. The zero-order valence-electron chi connectivity index (χ0n) is 12.9. The maximum Gasteiger partial charge on any atom is 0.224 e. The lowest BCUT2D eigenvalue weighted by molar-refractivity contribution is -0.126. The van der Waals surface area contributed by atoms with Gasteiger partial charge in [0.15, 0.2) is 0 Å². The minimum Gasteiger partial charge on any atom is -0.356 e. The van der Waals surface area contributed by atoms with Gasteiger partial charge in [0.2, 0.25) is 15.9 Å². The molecule has 118 valence electrons. The lowest BCUT2D eigenvalue weighted by Gasteiger charge is -2.31. The van der Waals surface area contributed by atoms with Crippen molar-refractivity contribution in [2.24, 2.45) is 11.8 Å². The van der Waals surface area contributed by atoms with Crippen LogP contribution in [0.4, 0.5) is 0 Å². The monoisotopic (exact) mass is 304 g/mol. The Bertz CT molecular complexity index is 407. The minimum absolute atomic E-state index is 0.00190. The Labute approximate surface area is 123 Å². The third-order valence-electron chi connectivity index (χ3n) is 3.63. The number of hydrogen-bond acceptors (Lipinski definition) is 3. The second kappa shape index (κ2) is 7.98. The molecule has 0 radical (unpaired) electrons. The van der Waals surface area contributed by atoms with E-state index in [1.807, 2.05) is 6.92 Å². The van der Waals surface area contributed by atoms with Crippen molar-refractivity contribution < 1.29 is 13.2 Å². The van der Waals surface area contributed by atoms with Crippen molar-refractivity contribution >= 4 is 15.9 Å². The summed E-state index contributed by atoms with van der Waals surface area (Å²) in [5, 5.41) is 2.93. The van der Waals surface area contributed by atoms with Gasteiger partial charge in [-0.2, -0.15) is 0 Å². The van der Waals surface area contributed by atoms with Gasteiger partial charge in [-0.05, 0) is 31.6 Å². The third kappa shape index (κ3) is 5.40. The Morgan fingerprint density at radius 3 is 2.70 bits per heavy atom. The van der Waals surface area contributed by atoms with Gasteiger partial charge in [-0.3, -0.25) is 4.79 Å². The first-order valence-electron chi connectivity index (χ1n) is 7.62. The molecule has 1 aliphatic rings. The summed E-state index contributed by atoms with van der Waals surface area (Å²) < 4.78 is 25.6. The molecule has 6 heteroatoms. The van der Waals surface area contributed by atoms with E-state index in [9.17, 15) is 13.2 Å². The molecule has 0 saturated carbocycles. The van der Waals surface area contributed by atoms with Gasteiger partial charge in [0.25, 0.3) is 0 Å². The number of hydrogen-bond donors (Lipinski definition) is 1. The van der Waals surface area contributed by atoms with E-state index < -0.39 is 10.0 Å². The van der Waals surface area contributed by atoms with Gasteiger partial charge < -0.3 is 5.32 Å².